The minimum atomic E-state index is 1.24. The molecule has 0 aliphatic rings. The zero-order valence-electron chi connectivity index (χ0n) is 9.32. The molecule has 0 aliphatic heterocycles. The van der Waals surface area contributed by atoms with Gasteiger partial charge in [0.15, 0.2) is 12.1 Å². The van der Waals surface area contributed by atoms with E-state index in [2.05, 4.69) is 32.9 Å². The zero-order valence-corrected chi connectivity index (χ0v) is 9.32. The molecule has 0 aliphatic carbocycles. The third-order valence-corrected chi connectivity index (χ3v) is 0.383. The van der Waals surface area contributed by atoms with Crippen LogP contribution in [0.2, 0.25) is 0 Å². The third kappa shape index (κ3) is 2370. The Morgan fingerprint density at radius 1 is 0.733 bits per heavy atom. The van der Waals surface area contributed by atoms with Crippen LogP contribution in [0.1, 0.15) is 6.92 Å². The predicted octanol–water partition coefficient (Wildman–Crippen LogP) is 3.94. The second kappa shape index (κ2) is 60.8. The molecule has 0 rings (SSSR count). The predicted molar refractivity (Wildman–Crippen MR) is 67.9 cm³/mol. The number of nitriles is 2. The molecule has 0 N–H and O–H groups in total. The summed E-state index contributed by atoms with van der Waals surface area (Å²) in [5, 5.41) is 14.5. The van der Waals surface area contributed by atoms with Crippen molar-refractivity contribution in [1.29, 1.82) is 10.5 Å². The molecule has 0 aromatic rings. The van der Waals surface area contributed by atoms with Crippen LogP contribution in [0.5, 0.6) is 0 Å². The Hall–Kier alpha value is -2.32. The van der Waals surface area contributed by atoms with Crippen LogP contribution in [0, 0.1) is 22.7 Å². The number of rotatable bonds is 2. The summed E-state index contributed by atoms with van der Waals surface area (Å²) in [4.78, 5) is 0. The monoisotopic (exact) mass is 202 g/mol. The topological polar surface area (TPSA) is 47.6 Å². The van der Waals surface area contributed by atoms with E-state index < -0.39 is 0 Å². The van der Waals surface area contributed by atoms with E-state index in [9.17, 15) is 0 Å². The molecule has 0 atom stereocenters. The first kappa shape index (κ1) is 23.0. The van der Waals surface area contributed by atoms with E-state index in [0.29, 0.717) is 0 Å². The molecule has 2 nitrogen and oxygen atoms in total. The molecule has 0 unspecified atom stereocenters. The molecule has 0 bridgehead atoms. The normalized spacial score (nSPS) is 4.20. The first-order valence-electron chi connectivity index (χ1n) is 3.98. The largest absolute Gasteiger partial charge is 0.181 e. The molecule has 0 saturated carbocycles. The first-order valence-corrected chi connectivity index (χ1v) is 3.98. The van der Waals surface area contributed by atoms with Crippen molar-refractivity contribution in [3.63, 3.8) is 0 Å². The van der Waals surface area contributed by atoms with Crippen LogP contribution in [0.4, 0.5) is 0 Å². The average molecular weight is 202 g/mol. The Balaban J connectivity index is -0.0000000542. The molecule has 0 aromatic carbocycles. The summed E-state index contributed by atoms with van der Waals surface area (Å²) >= 11 is 0. The van der Waals surface area contributed by atoms with E-state index in [1.807, 2.05) is 6.92 Å². The molecule has 0 aromatic heterocycles. The highest BCUT2D eigenvalue weighted by molar-refractivity contribution is 4.99. The molecule has 2 heteroatoms. The highest BCUT2D eigenvalue weighted by Gasteiger charge is 1.39. The van der Waals surface area contributed by atoms with E-state index in [-0.39, 0.29) is 0 Å². The molecule has 0 fully saturated rings. The highest BCUT2D eigenvalue weighted by Crippen LogP contribution is 1.53. The van der Waals surface area contributed by atoms with Gasteiger partial charge in [-0.15, -0.1) is 6.58 Å². The molecule has 0 saturated heterocycles. The van der Waals surface area contributed by atoms with Gasteiger partial charge in [0.1, 0.15) is 0 Å². The van der Waals surface area contributed by atoms with Gasteiger partial charge in [0.05, 0.1) is 0 Å². The van der Waals surface area contributed by atoms with E-state index in [1.165, 1.54) is 12.1 Å². The summed E-state index contributed by atoms with van der Waals surface area (Å²) in [6, 6.07) is 2.47. The lowest BCUT2D eigenvalue weighted by molar-refractivity contribution is 1.49. The molecule has 0 amide bonds. The minimum absolute atomic E-state index is 1.24. The lowest BCUT2D eigenvalue weighted by Gasteiger charge is -1.44. The zero-order chi connectivity index (χ0) is 12.9. The van der Waals surface area contributed by atoms with Gasteiger partial charge in [-0.2, -0.15) is 10.5 Å². The Morgan fingerprint density at radius 3 is 0.867 bits per heavy atom. The van der Waals surface area contributed by atoms with Crippen LogP contribution in [0.3, 0.4) is 0 Å². The Kier molecular flexibility index (Phi) is 93.1. The molecular formula is C13H18N2. The summed E-state index contributed by atoms with van der Waals surface area (Å²) in [5.41, 5.74) is 0. The van der Waals surface area contributed by atoms with Crippen molar-refractivity contribution in [3.8, 4) is 12.1 Å². The lowest BCUT2D eigenvalue weighted by atomic mass is 10.6. The summed E-state index contributed by atoms with van der Waals surface area (Å²) < 4.78 is 0. The average Bonchev–Trinajstić information content (AvgIpc) is 2.30. The number of allylic oxidation sites excluding steroid dienone is 5. The Morgan fingerprint density at radius 2 is 0.867 bits per heavy atom. The van der Waals surface area contributed by atoms with Crippen LogP contribution in [0.15, 0.2) is 63.3 Å². The number of hydrogen-bond acceptors (Lipinski definition) is 2. The summed E-state index contributed by atoms with van der Waals surface area (Å²) in [7, 11) is 0. The van der Waals surface area contributed by atoms with Gasteiger partial charge in [-0.1, -0.05) is 56.7 Å². The minimum Gasteiger partial charge on any atom is -0.181 e. The van der Waals surface area contributed by atoms with Gasteiger partial charge in [-0.25, -0.2) is 0 Å². The lowest BCUT2D eigenvalue weighted by Crippen LogP contribution is -1.26. The quantitative estimate of drug-likeness (QED) is 0.503. The van der Waals surface area contributed by atoms with Crippen LogP contribution < -0.4 is 0 Å². The fourth-order valence-electron chi connectivity index (χ4n) is 0. The van der Waals surface area contributed by atoms with Crippen LogP contribution in [-0.4, -0.2) is 0 Å². The van der Waals surface area contributed by atoms with Crippen LogP contribution in [-0.2, 0) is 0 Å². The molecule has 0 spiro atoms. The van der Waals surface area contributed by atoms with Gasteiger partial charge in [0.2, 0.25) is 0 Å². The van der Waals surface area contributed by atoms with Gasteiger partial charge in [0.25, 0.3) is 0 Å². The van der Waals surface area contributed by atoms with Gasteiger partial charge >= 0.3 is 0 Å². The fourth-order valence-corrected chi connectivity index (χ4v) is 0. The Labute approximate surface area is 93.5 Å². The Bertz CT molecular complexity index is 200. The first-order chi connectivity index (χ1) is 7.16. The SMILES string of the molecule is C=CC.C=CC=C.C=CC=C.N#CC#N. The van der Waals surface area contributed by atoms with Crippen molar-refractivity contribution in [1.82, 2.24) is 0 Å². The second-order valence-electron chi connectivity index (χ2n) is 1.57. The summed E-state index contributed by atoms with van der Waals surface area (Å²) in [6.07, 6.45) is 8.31. The molecule has 0 radical (unpaired) electrons. The van der Waals surface area contributed by atoms with Crippen LogP contribution in [0.25, 0.3) is 0 Å². The van der Waals surface area contributed by atoms with Crippen LogP contribution >= 0.6 is 0 Å². The maximum absolute atomic E-state index is 7.26. The van der Waals surface area contributed by atoms with Crippen molar-refractivity contribution < 1.29 is 0 Å². The molecule has 80 valence electrons. The van der Waals surface area contributed by atoms with E-state index in [0.717, 1.165) is 0 Å². The highest BCUT2D eigenvalue weighted by atomic mass is 14.3. The molecule has 15 heavy (non-hydrogen) atoms. The van der Waals surface area contributed by atoms with Crippen molar-refractivity contribution in [2.75, 3.05) is 0 Å². The van der Waals surface area contributed by atoms with Crippen molar-refractivity contribution in [2.24, 2.45) is 0 Å². The standard InChI is InChI=1S/2C4H6.C3H6.C2N2/c2*1-3-4-2;1-3-2;3-1-2-4/h2*3-4H,1-2H2;3H,1H2,2H3;. The smallest absolute Gasteiger partial charge is 0.181 e. The van der Waals surface area contributed by atoms with Crippen molar-refractivity contribution >= 4 is 0 Å². The fraction of sp³-hybridized carbons (Fsp3) is 0.0769. The summed E-state index contributed by atoms with van der Waals surface area (Å²) in [6.45, 7) is 18.7. The number of hydrogen-bond donors (Lipinski definition) is 0. The third-order valence-electron chi connectivity index (χ3n) is 0.383. The second-order valence-corrected chi connectivity index (χ2v) is 1.57. The van der Waals surface area contributed by atoms with Crippen molar-refractivity contribution in [2.45, 2.75) is 6.92 Å². The van der Waals surface area contributed by atoms with E-state index in [1.54, 1.807) is 30.4 Å². The maximum Gasteiger partial charge on any atom is 0.181 e. The molecular weight excluding hydrogens is 184 g/mol. The van der Waals surface area contributed by atoms with Crippen molar-refractivity contribution in [3.05, 3.63) is 63.3 Å². The molecule has 0 heterocycles. The summed E-state index contributed by atoms with van der Waals surface area (Å²) in [5.74, 6) is 0. The van der Waals surface area contributed by atoms with E-state index >= 15 is 0 Å². The van der Waals surface area contributed by atoms with E-state index in [4.69, 9.17) is 10.5 Å². The van der Waals surface area contributed by atoms with Gasteiger partial charge in [-0.3, -0.25) is 0 Å². The number of nitrogens with zero attached hydrogens (tertiary/aromatic N) is 2. The maximum atomic E-state index is 7.26. The van der Waals surface area contributed by atoms with Gasteiger partial charge in [-0.05, 0) is 6.92 Å². The van der Waals surface area contributed by atoms with Gasteiger partial charge in [0, 0.05) is 0 Å². The van der Waals surface area contributed by atoms with Gasteiger partial charge < -0.3 is 0 Å².